The number of rotatable bonds is 6. The first-order valence-electron chi connectivity index (χ1n) is 9.61. The highest BCUT2D eigenvalue weighted by molar-refractivity contribution is 7.15. The van der Waals surface area contributed by atoms with Crippen LogP contribution in [-0.4, -0.2) is 34.3 Å². The number of thiophene rings is 1. The molecular formula is C21H22FN5O2S. The summed E-state index contributed by atoms with van der Waals surface area (Å²) >= 11 is 1.54. The van der Waals surface area contributed by atoms with Crippen LogP contribution in [-0.2, 0) is 11.2 Å². The minimum absolute atomic E-state index is 0.0783. The molecule has 0 fully saturated rings. The van der Waals surface area contributed by atoms with E-state index in [0.29, 0.717) is 18.3 Å². The fraction of sp³-hybridized carbons (Fsp3) is 0.286. The average molecular weight is 428 g/mol. The van der Waals surface area contributed by atoms with E-state index in [2.05, 4.69) is 16.3 Å². The summed E-state index contributed by atoms with van der Waals surface area (Å²) in [5, 5.41) is 6.20. The third-order valence-electron chi connectivity index (χ3n) is 5.45. The van der Waals surface area contributed by atoms with Gasteiger partial charge in [-0.05, 0) is 53.8 Å². The van der Waals surface area contributed by atoms with E-state index in [4.69, 9.17) is 5.73 Å². The molecule has 1 aromatic carbocycles. The van der Waals surface area contributed by atoms with Crippen LogP contribution in [0.4, 0.5) is 10.1 Å². The van der Waals surface area contributed by atoms with Crippen LogP contribution in [0.5, 0.6) is 0 Å². The summed E-state index contributed by atoms with van der Waals surface area (Å²) in [6.07, 6.45) is 3.44. The molecule has 2 aromatic heterocycles. The minimum Gasteiger partial charge on any atom is -0.327 e. The van der Waals surface area contributed by atoms with Crippen LogP contribution in [0, 0.1) is 0 Å². The van der Waals surface area contributed by atoms with Crippen molar-refractivity contribution in [3.63, 3.8) is 0 Å². The Morgan fingerprint density at radius 1 is 1.33 bits per heavy atom. The molecule has 3 aromatic rings. The van der Waals surface area contributed by atoms with Gasteiger partial charge in [0.15, 0.2) is 0 Å². The molecule has 0 saturated heterocycles. The Kier molecular flexibility index (Phi) is 5.65. The first kappa shape index (κ1) is 20.2. The molecule has 30 heavy (non-hydrogen) atoms. The van der Waals surface area contributed by atoms with Crippen LogP contribution in [0.3, 0.4) is 0 Å². The lowest BCUT2D eigenvalue weighted by atomic mass is 9.98. The Morgan fingerprint density at radius 3 is 2.87 bits per heavy atom. The van der Waals surface area contributed by atoms with Crippen molar-refractivity contribution >= 4 is 22.9 Å². The third kappa shape index (κ3) is 3.73. The summed E-state index contributed by atoms with van der Waals surface area (Å²) in [7, 11) is 1.80. The number of aromatic amines is 1. The number of nitrogens with two attached hydrogens (primary N) is 1. The number of hydrogen-bond donors (Lipinski definition) is 2. The Labute approximate surface area is 176 Å². The van der Waals surface area contributed by atoms with Crippen LogP contribution < -0.4 is 16.3 Å². The predicted molar refractivity (Wildman–Crippen MR) is 115 cm³/mol. The van der Waals surface area contributed by atoms with E-state index in [1.54, 1.807) is 23.3 Å². The molecule has 3 N–H and O–H groups in total. The number of hydrogen-bond acceptors (Lipinski definition) is 5. The van der Waals surface area contributed by atoms with E-state index in [1.165, 1.54) is 10.9 Å². The number of benzene rings is 1. The Morgan fingerprint density at radius 2 is 2.17 bits per heavy atom. The summed E-state index contributed by atoms with van der Waals surface area (Å²) in [6.45, 7) is 0.0783. The molecule has 156 valence electrons. The van der Waals surface area contributed by atoms with Crippen molar-refractivity contribution in [1.82, 2.24) is 14.8 Å². The van der Waals surface area contributed by atoms with Gasteiger partial charge in [0.2, 0.25) is 5.91 Å². The summed E-state index contributed by atoms with van der Waals surface area (Å²) < 4.78 is 14.6. The Hall–Kier alpha value is -3.04. The minimum atomic E-state index is -0.401. The normalized spacial score (nSPS) is 15.4. The molecule has 1 amide bonds. The summed E-state index contributed by atoms with van der Waals surface area (Å²) in [5.41, 5.74) is 8.83. The van der Waals surface area contributed by atoms with Gasteiger partial charge in [-0.2, -0.15) is 5.10 Å². The van der Waals surface area contributed by atoms with Gasteiger partial charge in [-0.3, -0.25) is 9.36 Å². The topological polar surface area (TPSA) is 97.0 Å². The molecular weight excluding hydrogens is 405 g/mol. The van der Waals surface area contributed by atoms with E-state index in [-0.39, 0.29) is 24.6 Å². The van der Waals surface area contributed by atoms with Crippen molar-refractivity contribution in [2.75, 3.05) is 18.5 Å². The highest BCUT2D eigenvalue weighted by Crippen LogP contribution is 2.37. The van der Waals surface area contributed by atoms with Crippen molar-refractivity contribution < 1.29 is 9.18 Å². The smallest absolute Gasteiger partial charge is 0.327 e. The highest BCUT2D eigenvalue weighted by atomic mass is 32.1. The van der Waals surface area contributed by atoms with Crippen molar-refractivity contribution in [3.05, 3.63) is 69.5 Å². The fourth-order valence-electron chi connectivity index (χ4n) is 3.73. The molecule has 4 rings (SSSR count). The number of halogens is 1. The quantitative estimate of drug-likeness (QED) is 0.632. The van der Waals surface area contributed by atoms with Gasteiger partial charge < -0.3 is 10.6 Å². The van der Waals surface area contributed by atoms with Gasteiger partial charge in [-0.15, -0.1) is 11.3 Å². The maximum absolute atomic E-state index is 13.2. The predicted octanol–water partition coefficient (Wildman–Crippen LogP) is 3.00. The second-order valence-electron chi connectivity index (χ2n) is 7.26. The van der Waals surface area contributed by atoms with E-state index < -0.39 is 6.04 Å². The van der Waals surface area contributed by atoms with Gasteiger partial charge in [-0.1, -0.05) is 6.07 Å². The molecule has 9 heteroatoms. The van der Waals surface area contributed by atoms with Crippen molar-refractivity contribution in [2.24, 2.45) is 5.73 Å². The van der Waals surface area contributed by atoms with E-state index in [1.807, 2.05) is 24.3 Å². The maximum Gasteiger partial charge on any atom is 0.343 e. The maximum atomic E-state index is 13.2. The number of H-pyrrole nitrogens is 1. The van der Waals surface area contributed by atoms with Crippen LogP contribution in [0.1, 0.15) is 29.3 Å². The molecule has 1 aliphatic rings. The van der Waals surface area contributed by atoms with Gasteiger partial charge in [0.25, 0.3) is 0 Å². The zero-order valence-corrected chi connectivity index (χ0v) is 17.3. The number of aromatic nitrogens is 3. The van der Waals surface area contributed by atoms with Crippen molar-refractivity contribution in [2.45, 2.75) is 25.3 Å². The largest absolute Gasteiger partial charge is 0.343 e. The van der Waals surface area contributed by atoms with Crippen molar-refractivity contribution in [1.29, 1.82) is 0 Å². The Balaban J connectivity index is 1.69. The molecule has 1 atom stereocenters. The molecule has 0 spiro atoms. The van der Waals surface area contributed by atoms with Gasteiger partial charge in [0.05, 0.1) is 12.4 Å². The van der Waals surface area contributed by atoms with E-state index >= 15 is 0 Å². The summed E-state index contributed by atoms with van der Waals surface area (Å²) in [6, 6.07) is 9.62. The van der Waals surface area contributed by atoms with E-state index in [0.717, 1.165) is 33.0 Å². The lowest BCUT2D eigenvalue weighted by molar-refractivity contribution is -0.118. The van der Waals surface area contributed by atoms with Gasteiger partial charge in [-0.25, -0.2) is 14.3 Å². The summed E-state index contributed by atoms with van der Waals surface area (Å²) in [5.74, 6) is 0.124. The molecule has 0 saturated carbocycles. The highest BCUT2D eigenvalue weighted by Gasteiger charge is 2.23. The van der Waals surface area contributed by atoms with Crippen LogP contribution >= 0.6 is 11.3 Å². The van der Waals surface area contributed by atoms with Crippen molar-refractivity contribution in [3.8, 4) is 10.4 Å². The second kappa shape index (κ2) is 8.37. The number of fused-ring (bicyclic) bond motifs is 1. The molecule has 1 unspecified atom stereocenters. The number of carbonyl (C=O) groups excluding carboxylic acids is 1. The molecule has 0 aliphatic carbocycles. The first-order valence-corrected chi connectivity index (χ1v) is 10.4. The molecule has 0 radical (unpaired) electrons. The molecule has 1 aliphatic heterocycles. The van der Waals surface area contributed by atoms with Gasteiger partial charge in [0, 0.05) is 35.5 Å². The first-order chi connectivity index (χ1) is 14.5. The van der Waals surface area contributed by atoms with Crippen LogP contribution in [0.15, 0.2) is 53.4 Å². The van der Waals surface area contributed by atoms with Gasteiger partial charge in [0.1, 0.15) is 6.33 Å². The number of carbonyl (C=O) groups is 1. The van der Waals surface area contributed by atoms with Gasteiger partial charge >= 0.3 is 5.69 Å². The fourth-order valence-corrected chi connectivity index (χ4v) is 4.84. The number of nitrogens with one attached hydrogen (secondary N) is 1. The zero-order valence-electron chi connectivity index (χ0n) is 16.5. The third-order valence-corrected chi connectivity index (χ3v) is 6.68. The van der Waals surface area contributed by atoms with Crippen LogP contribution in [0.25, 0.3) is 10.4 Å². The number of nitrogens with zero attached hydrogens (tertiary/aromatic N) is 3. The summed E-state index contributed by atoms with van der Waals surface area (Å²) in [4.78, 5) is 27.7. The monoisotopic (exact) mass is 427 g/mol. The lowest BCUT2D eigenvalue weighted by Crippen LogP contribution is -2.30. The Bertz CT molecular complexity index is 1160. The molecule has 7 nitrogen and oxygen atoms in total. The number of anilines is 1. The number of aryl methyl sites for hydroxylation is 1. The number of amides is 1. The van der Waals surface area contributed by atoms with Crippen LogP contribution in [0.2, 0.25) is 0 Å². The second-order valence-corrected chi connectivity index (χ2v) is 8.37. The lowest BCUT2D eigenvalue weighted by Gasteiger charge is -2.26. The average Bonchev–Trinajstić information content (AvgIpc) is 3.41. The molecule has 0 bridgehead atoms. The zero-order chi connectivity index (χ0) is 21.3. The standard InChI is InChI=1S/C21H22FN5O2S/c1-26-16-4-2-15(9-14(16)3-7-20(26)28)18-5-6-19(30-18)17(8-13(10-22)11-23)27-12-24-25-21(27)29/h2,4-6,9-10,12,17H,3,7-8,11,23H2,1H3,(H,25,29)/b13-10+. The SMILES string of the molecule is CN1C(=O)CCc2cc(-c3ccc(C(C/C(=C\F)CN)n4cn[nH]c4=O)s3)ccc21. The molecule has 3 heterocycles. The van der Waals surface area contributed by atoms with E-state index in [9.17, 15) is 14.0 Å².